The van der Waals surface area contributed by atoms with Gasteiger partial charge in [0, 0.05) is 5.75 Å². The number of hydrogen-bond acceptors (Lipinski definition) is 2. The molecule has 0 amide bonds. The number of thioether (sulfide) groups is 1. The molecule has 1 rings (SSSR count). The van der Waals surface area contributed by atoms with Gasteiger partial charge in [-0.25, -0.2) is 0 Å². The molecule has 39 valence electrons. The molecule has 2 heteroatoms. The number of nitrogens with zero attached hydrogens (tertiary/aromatic N) is 1. The quantitative estimate of drug-likeness (QED) is 0.502. The van der Waals surface area contributed by atoms with Crippen LogP contribution in [0.2, 0.25) is 0 Å². The molecule has 0 aliphatic carbocycles. The van der Waals surface area contributed by atoms with E-state index >= 15 is 0 Å². The molecule has 0 N–H and O–H groups in total. The fraction of sp³-hybridized carbons (Fsp3) is 0.800. The zero-order valence-electron chi connectivity index (χ0n) is 4.35. The Morgan fingerprint density at radius 1 is 2.00 bits per heavy atom. The van der Waals surface area contributed by atoms with E-state index in [-0.39, 0.29) is 0 Å². The van der Waals surface area contributed by atoms with Crippen molar-refractivity contribution in [3.63, 3.8) is 0 Å². The molecule has 0 saturated carbocycles. The predicted octanol–water partition coefficient (Wildman–Crippen LogP) is 1.42. The molecule has 1 unspecified atom stereocenters. The van der Waals surface area contributed by atoms with Crippen molar-refractivity contribution in [3.8, 4) is 0 Å². The van der Waals surface area contributed by atoms with Crippen molar-refractivity contribution in [1.82, 2.24) is 0 Å². The Labute approximate surface area is 48.2 Å². The minimum absolute atomic E-state index is 0.574. The van der Waals surface area contributed by atoms with Gasteiger partial charge in [0.1, 0.15) is 5.55 Å². The Morgan fingerprint density at radius 3 is 3.14 bits per heavy atom. The van der Waals surface area contributed by atoms with E-state index < -0.39 is 0 Å². The van der Waals surface area contributed by atoms with E-state index in [0.29, 0.717) is 6.04 Å². The third-order valence-electron chi connectivity index (χ3n) is 1.05. The van der Waals surface area contributed by atoms with Gasteiger partial charge in [-0.05, 0) is 6.42 Å². The van der Waals surface area contributed by atoms with Crippen molar-refractivity contribution in [2.75, 3.05) is 5.75 Å². The molecule has 1 aliphatic rings. The molecule has 0 aromatic rings. The van der Waals surface area contributed by atoms with Crippen LogP contribution in [0.1, 0.15) is 13.3 Å². The summed E-state index contributed by atoms with van der Waals surface area (Å²) in [6, 6.07) is 0.574. The summed E-state index contributed by atoms with van der Waals surface area (Å²) in [7, 11) is 0. The Bertz CT molecular complexity index is 80.1. The molecule has 1 radical (unpaired) electrons. The minimum Gasteiger partial charge on any atom is -0.271 e. The number of hydrogen-bond donors (Lipinski definition) is 0. The van der Waals surface area contributed by atoms with Crippen LogP contribution in [0.5, 0.6) is 0 Å². The van der Waals surface area contributed by atoms with Crippen LogP contribution in [0.15, 0.2) is 4.99 Å². The summed E-state index contributed by atoms with van der Waals surface area (Å²) in [5, 5.41) is 0. The van der Waals surface area contributed by atoms with E-state index in [1.165, 1.54) is 6.42 Å². The highest BCUT2D eigenvalue weighted by Crippen LogP contribution is 2.12. The second kappa shape index (κ2) is 2.36. The Hall–Kier alpha value is 0.0200. The predicted molar refractivity (Wildman–Crippen MR) is 34.0 cm³/mol. The van der Waals surface area contributed by atoms with Crippen LogP contribution < -0.4 is 0 Å². The first kappa shape index (κ1) is 5.16. The molecule has 1 aliphatic heterocycles. The van der Waals surface area contributed by atoms with Crippen LogP contribution >= 0.6 is 11.8 Å². The normalized spacial score (nSPS) is 29.0. The molecular weight excluding hydrogens is 106 g/mol. The number of aliphatic imine (C=N–C) groups is 1. The third-order valence-corrected chi connectivity index (χ3v) is 1.83. The van der Waals surface area contributed by atoms with Crippen molar-refractivity contribution in [3.05, 3.63) is 0 Å². The van der Waals surface area contributed by atoms with Gasteiger partial charge in [-0.15, -0.1) is 11.8 Å². The summed E-state index contributed by atoms with van der Waals surface area (Å²) in [5.41, 5.74) is 2.86. The fourth-order valence-electron chi connectivity index (χ4n) is 0.492. The van der Waals surface area contributed by atoms with Gasteiger partial charge >= 0.3 is 0 Å². The Kier molecular flexibility index (Phi) is 1.74. The van der Waals surface area contributed by atoms with Crippen LogP contribution in [-0.2, 0) is 0 Å². The van der Waals surface area contributed by atoms with Crippen molar-refractivity contribution in [2.45, 2.75) is 19.4 Å². The molecule has 1 heterocycles. The van der Waals surface area contributed by atoms with Crippen molar-refractivity contribution in [2.24, 2.45) is 4.99 Å². The van der Waals surface area contributed by atoms with Crippen molar-refractivity contribution < 1.29 is 0 Å². The largest absolute Gasteiger partial charge is 0.271 e. The average Bonchev–Trinajstić information content (AvgIpc) is 2.14. The van der Waals surface area contributed by atoms with Crippen LogP contribution in [0, 0.1) is 0 Å². The smallest absolute Gasteiger partial charge is 0.123 e. The van der Waals surface area contributed by atoms with Crippen molar-refractivity contribution in [1.29, 1.82) is 0 Å². The van der Waals surface area contributed by atoms with Gasteiger partial charge in [0.05, 0.1) is 6.04 Å². The van der Waals surface area contributed by atoms with Gasteiger partial charge in [0.25, 0.3) is 0 Å². The minimum atomic E-state index is 0.574. The summed E-state index contributed by atoms with van der Waals surface area (Å²) in [6.07, 6.45) is 1.17. The maximum atomic E-state index is 4.07. The average molecular weight is 114 g/mol. The molecule has 0 fully saturated rings. The van der Waals surface area contributed by atoms with Gasteiger partial charge in [0.2, 0.25) is 0 Å². The van der Waals surface area contributed by atoms with E-state index in [0.717, 1.165) is 5.75 Å². The van der Waals surface area contributed by atoms with Gasteiger partial charge < -0.3 is 0 Å². The first-order valence-corrected chi connectivity index (χ1v) is 3.48. The summed E-state index contributed by atoms with van der Waals surface area (Å²) < 4.78 is 0. The SMILES string of the molecule is CCC1CS[C]=N1. The van der Waals surface area contributed by atoms with E-state index in [1.807, 2.05) is 0 Å². The molecule has 7 heavy (non-hydrogen) atoms. The molecule has 0 aromatic carbocycles. The maximum absolute atomic E-state index is 4.07. The second-order valence-electron chi connectivity index (χ2n) is 1.59. The lowest BCUT2D eigenvalue weighted by molar-refractivity contribution is 0.740. The first-order valence-electron chi connectivity index (χ1n) is 2.50. The van der Waals surface area contributed by atoms with Crippen LogP contribution in [-0.4, -0.2) is 17.3 Å². The molecule has 0 bridgehead atoms. The molecule has 0 spiro atoms. The Morgan fingerprint density at radius 2 is 2.86 bits per heavy atom. The number of rotatable bonds is 1. The molecule has 1 atom stereocenters. The first-order chi connectivity index (χ1) is 3.43. The van der Waals surface area contributed by atoms with E-state index in [4.69, 9.17) is 0 Å². The van der Waals surface area contributed by atoms with Crippen LogP contribution in [0.3, 0.4) is 0 Å². The van der Waals surface area contributed by atoms with E-state index in [9.17, 15) is 0 Å². The summed E-state index contributed by atoms with van der Waals surface area (Å²) in [4.78, 5) is 4.07. The standard InChI is InChI=1S/C5H8NS/c1-2-5-3-7-4-6-5/h5H,2-3H2,1H3. The molecule has 1 nitrogen and oxygen atoms in total. The van der Waals surface area contributed by atoms with E-state index in [2.05, 4.69) is 17.5 Å². The maximum Gasteiger partial charge on any atom is 0.123 e. The highest BCUT2D eigenvalue weighted by molar-refractivity contribution is 8.12. The van der Waals surface area contributed by atoms with Gasteiger partial charge in [-0.2, -0.15) is 0 Å². The topological polar surface area (TPSA) is 12.4 Å². The lowest BCUT2D eigenvalue weighted by Gasteiger charge is -1.95. The summed E-state index contributed by atoms with van der Waals surface area (Å²) in [6.45, 7) is 2.15. The fourth-order valence-corrected chi connectivity index (χ4v) is 1.29. The summed E-state index contributed by atoms with van der Waals surface area (Å²) >= 11 is 1.69. The summed E-state index contributed by atoms with van der Waals surface area (Å²) in [5.74, 6) is 1.15. The van der Waals surface area contributed by atoms with Crippen LogP contribution in [0.4, 0.5) is 0 Å². The zero-order valence-corrected chi connectivity index (χ0v) is 5.16. The third kappa shape index (κ3) is 1.20. The molecular formula is C5H8NS. The Balaban J connectivity index is 2.28. The van der Waals surface area contributed by atoms with Crippen molar-refractivity contribution >= 4 is 17.3 Å². The molecule has 0 aromatic heterocycles. The lowest BCUT2D eigenvalue weighted by atomic mass is 10.3. The highest BCUT2D eigenvalue weighted by Gasteiger charge is 2.06. The molecule has 0 saturated heterocycles. The van der Waals surface area contributed by atoms with Crippen LogP contribution in [0.25, 0.3) is 0 Å². The van der Waals surface area contributed by atoms with Gasteiger partial charge in [-0.1, -0.05) is 6.92 Å². The second-order valence-corrected chi connectivity index (χ2v) is 2.40. The van der Waals surface area contributed by atoms with Gasteiger partial charge in [-0.3, -0.25) is 4.99 Å². The van der Waals surface area contributed by atoms with E-state index in [1.54, 1.807) is 11.8 Å². The lowest BCUT2D eigenvalue weighted by Crippen LogP contribution is -1.98. The van der Waals surface area contributed by atoms with Gasteiger partial charge in [0.15, 0.2) is 0 Å². The highest BCUT2D eigenvalue weighted by atomic mass is 32.2. The zero-order chi connectivity index (χ0) is 5.11. The monoisotopic (exact) mass is 114 g/mol.